The third kappa shape index (κ3) is 14.1. The second kappa shape index (κ2) is 35.0. The van der Waals surface area contributed by atoms with Crippen molar-refractivity contribution in [2.75, 3.05) is 0 Å². The van der Waals surface area contributed by atoms with Crippen molar-refractivity contribution in [2.24, 2.45) is 0 Å². The Morgan fingerprint density at radius 2 is 0.351 bits per heavy atom. The number of hydrogen-bond acceptors (Lipinski definition) is 6. The Morgan fingerprint density at radius 3 is 0.716 bits per heavy atom. The number of nitrogens with zero attached hydrogens (tertiary/aromatic N) is 12. The van der Waals surface area contributed by atoms with E-state index in [1.165, 1.54) is 136 Å². The van der Waals surface area contributed by atoms with Gasteiger partial charge in [0.1, 0.15) is 17.1 Å². The van der Waals surface area contributed by atoms with Crippen LogP contribution in [-0.2, 0) is 0 Å². The Labute approximate surface area is 849 Å². The molecule has 31 rings (SSSR count). The van der Waals surface area contributed by atoms with Crippen LogP contribution in [0.2, 0.25) is 0 Å². The minimum Gasteiger partial charge on any atom is -0.309 e. The third-order valence-electron chi connectivity index (χ3n) is 29.5. The summed E-state index contributed by atoms with van der Waals surface area (Å²) in [6, 6.07) is 185. The molecule has 0 saturated heterocycles. The van der Waals surface area contributed by atoms with Crippen LogP contribution in [0.1, 0.15) is 0 Å². The minimum atomic E-state index is 0.815. The van der Waals surface area contributed by atoms with E-state index in [1.54, 1.807) is 0 Å². The summed E-state index contributed by atoms with van der Waals surface area (Å²) in [5.74, 6) is 2.47. The molecule has 12 heteroatoms. The summed E-state index contributed by atoms with van der Waals surface area (Å²) in [7, 11) is 0. The van der Waals surface area contributed by atoms with E-state index in [4.69, 9.17) is 29.9 Å². The molecular formula is C136H86N12. The zero-order chi connectivity index (χ0) is 97.4. The SMILES string of the molecule is c1ccc(-c2ccc(-c3nc4ccccc4nc3-n3c4ccccc4c4cc(-c5ccc6c(c5)c5ccccc5n6-c5ccccc5)ccc43)cc2)cc1.c1ccc(-c2nc3ccccc3nc2-n2c3ccccc3c3cc(-c4ccc5c(c4)c4ccccc4n5-c4ccccc4)ccc32)cc1.c1ccc(-c2nc3ccccc3nc2-n2c3ccccc3c3cc4c5c6ccccc6ccc5n(-c5ccccc5)c4cc32)cc1. The van der Waals surface area contributed by atoms with Crippen LogP contribution >= 0.6 is 0 Å². The van der Waals surface area contributed by atoms with Gasteiger partial charge in [-0.15, -0.1) is 0 Å². The number of hydrogen-bond donors (Lipinski definition) is 0. The molecule has 148 heavy (non-hydrogen) atoms. The van der Waals surface area contributed by atoms with Gasteiger partial charge in [-0.05, 0) is 214 Å². The molecule has 0 aliphatic rings. The lowest BCUT2D eigenvalue weighted by molar-refractivity contribution is 1.08. The van der Waals surface area contributed by atoms with Gasteiger partial charge >= 0.3 is 0 Å². The molecule has 0 N–H and O–H groups in total. The second-order valence-corrected chi connectivity index (χ2v) is 37.9. The molecule has 0 amide bonds. The highest BCUT2D eigenvalue weighted by atomic mass is 15.1. The fourth-order valence-corrected chi connectivity index (χ4v) is 22.8. The number of rotatable bonds is 12. The van der Waals surface area contributed by atoms with E-state index in [9.17, 15) is 0 Å². The molecule has 9 heterocycles. The van der Waals surface area contributed by atoms with Crippen molar-refractivity contribution in [2.45, 2.75) is 0 Å². The van der Waals surface area contributed by atoms with E-state index in [-0.39, 0.29) is 0 Å². The van der Waals surface area contributed by atoms with Gasteiger partial charge in [0.15, 0.2) is 17.5 Å². The van der Waals surface area contributed by atoms with Gasteiger partial charge in [-0.1, -0.05) is 352 Å². The summed E-state index contributed by atoms with van der Waals surface area (Å²) in [6.45, 7) is 0. The van der Waals surface area contributed by atoms with E-state index in [2.05, 4.69) is 458 Å². The van der Waals surface area contributed by atoms with Crippen LogP contribution in [0.3, 0.4) is 0 Å². The first-order valence-corrected chi connectivity index (χ1v) is 50.2. The molecule has 0 spiro atoms. The topological polar surface area (TPSA) is 107 Å². The highest BCUT2D eigenvalue weighted by Crippen LogP contribution is 2.48. The smallest absolute Gasteiger partial charge is 0.165 e. The number of benzene rings is 22. The van der Waals surface area contributed by atoms with Crippen LogP contribution in [0.25, 0.3) is 276 Å². The van der Waals surface area contributed by atoms with Gasteiger partial charge in [0.05, 0.1) is 99.3 Å². The molecule has 0 bridgehead atoms. The molecule has 0 unspecified atom stereocenters. The Hall–Kier alpha value is -20.1. The molecule has 0 aliphatic heterocycles. The molecular weight excluding hydrogens is 1800 g/mol. The lowest BCUT2D eigenvalue weighted by atomic mass is 10.0. The van der Waals surface area contributed by atoms with Crippen LogP contribution in [0, 0.1) is 0 Å². The van der Waals surface area contributed by atoms with Gasteiger partial charge in [-0.25, -0.2) is 29.9 Å². The molecule has 22 aromatic carbocycles. The zero-order valence-corrected chi connectivity index (χ0v) is 80.0. The average molecular weight is 1890 g/mol. The first kappa shape index (κ1) is 84.8. The monoisotopic (exact) mass is 1890 g/mol. The van der Waals surface area contributed by atoms with Gasteiger partial charge in [0.25, 0.3) is 0 Å². The summed E-state index contributed by atoms with van der Waals surface area (Å²) < 4.78 is 14.0. The standard InChI is InChI=1S/C50H32N4.C44H28N4.C42H26N4/c1-3-13-33(14-4-1)34-23-25-35(26-24-34)49-50(52-44-20-10-9-19-43(44)51-49)54-46-22-12-8-18-40(46)42-32-37(28-30-48(42)54)36-27-29-47-41(31-36)39-17-7-11-21-45(39)53(47)38-15-5-2-6-16-38;1-3-13-29(14-4-1)43-44(46-38-20-10-9-19-37(38)45-43)48-40-22-12-8-18-34(40)36-28-31(24-26-42(36)48)30-23-25-41-35(27-30)33-17-7-11-21-39(33)47(41)32-15-5-2-6-16-32;1-3-14-28(15-4-1)41-42(44-35-21-11-10-20-34(35)43-41)46-36-22-12-9-19-31(36)32-25-33-39(26-38(32)46)45(29-16-5-2-6-17-29)37-24-23-27-13-7-8-18-30(27)40(33)37/h1-32H;1-28H;1-26H. The maximum absolute atomic E-state index is 5.34. The van der Waals surface area contributed by atoms with Gasteiger partial charge in [0.2, 0.25) is 0 Å². The quantitative estimate of drug-likeness (QED) is 0.121. The summed E-state index contributed by atoms with van der Waals surface area (Å²) in [4.78, 5) is 31.6. The Morgan fingerprint density at radius 1 is 0.122 bits per heavy atom. The van der Waals surface area contributed by atoms with E-state index in [0.29, 0.717) is 0 Å². The van der Waals surface area contributed by atoms with E-state index < -0.39 is 0 Å². The van der Waals surface area contributed by atoms with E-state index in [0.717, 1.165) is 140 Å². The Bertz CT molecular complexity index is 10700. The van der Waals surface area contributed by atoms with Crippen LogP contribution in [0.4, 0.5) is 0 Å². The number of aromatic nitrogens is 12. The van der Waals surface area contributed by atoms with Gasteiger partial charge in [-0.3, -0.25) is 13.7 Å². The van der Waals surface area contributed by atoms with Gasteiger partial charge < -0.3 is 13.7 Å². The highest BCUT2D eigenvalue weighted by molar-refractivity contribution is 6.26. The first-order valence-electron chi connectivity index (χ1n) is 50.2. The molecule has 0 fully saturated rings. The summed E-state index contributed by atoms with van der Waals surface area (Å²) in [5, 5.41) is 17.1. The molecule has 690 valence electrons. The summed E-state index contributed by atoms with van der Waals surface area (Å²) in [6.07, 6.45) is 0. The van der Waals surface area contributed by atoms with Crippen molar-refractivity contribution in [1.29, 1.82) is 0 Å². The van der Waals surface area contributed by atoms with Gasteiger partial charge in [-0.2, -0.15) is 0 Å². The Kier molecular flexibility index (Phi) is 20.0. The first-order chi connectivity index (χ1) is 73.4. The highest BCUT2D eigenvalue weighted by Gasteiger charge is 2.28. The molecule has 0 saturated carbocycles. The van der Waals surface area contributed by atoms with Crippen molar-refractivity contribution < 1.29 is 0 Å². The normalized spacial score (nSPS) is 11.8. The summed E-state index contributed by atoms with van der Waals surface area (Å²) >= 11 is 0. The van der Waals surface area contributed by atoms with Crippen LogP contribution < -0.4 is 0 Å². The minimum absolute atomic E-state index is 0.815. The van der Waals surface area contributed by atoms with Crippen LogP contribution in [0.15, 0.2) is 522 Å². The average Bonchev–Trinajstić information content (AvgIpc) is 1.54. The molecule has 0 atom stereocenters. The second-order valence-electron chi connectivity index (χ2n) is 37.9. The van der Waals surface area contributed by atoms with Crippen molar-refractivity contribution >= 4 is 175 Å². The Balaban J connectivity index is 0.000000105. The molecule has 31 aromatic rings. The van der Waals surface area contributed by atoms with Crippen LogP contribution in [-0.4, -0.2) is 57.3 Å². The third-order valence-corrected chi connectivity index (χ3v) is 29.5. The van der Waals surface area contributed by atoms with Crippen molar-refractivity contribution in [1.82, 2.24) is 57.3 Å². The fraction of sp³-hybridized carbons (Fsp3) is 0. The fourth-order valence-electron chi connectivity index (χ4n) is 22.8. The maximum Gasteiger partial charge on any atom is 0.165 e. The molecule has 0 radical (unpaired) electrons. The number of para-hydroxylation sites is 14. The van der Waals surface area contributed by atoms with Crippen molar-refractivity contribution in [3.8, 4) is 102 Å². The lowest BCUT2D eigenvalue weighted by Gasteiger charge is -2.14. The summed E-state index contributed by atoms with van der Waals surface area (Å²) in [5.41, 5.74) is 35.2. The maximum atomic E-state index is 5.34. The predicted molar refractivity (Wildman–Crippen MR) is 615 cm³/mol. The lowest BCUT2D eigenvalue weighted by Crippen LogP contribution is -2.03. The molecule has 12 nitrogen and oxygen atoms in total. The predicted octanol–water partition coefficient (Wildman–Crippen LogP) is 34.6. The van der Waals surface area contributed by atoms with Gasteiger partial charge in [0, 0.05) is 98.4 Å². The van der Waals surface area contributed by atoms with Crippen molar-refractivity contribution in [3.05, 3.63) is 522 Å². The van der Waals surface area contributed by atoms with E-state index >= 15 is 0 Å². The molecule has 0 aliphatic carbocycles. The number of fused-ring (bicyclic) bond motifs is 23. The zero-order valence-electron chi connectivity index (χ0n) is 80.0. The van der Waals surface area contributed by atoms with Crippen molar-refractivity contribution in [3.63, 3.8) is 0 Å². The van der Waals surface area contributed by atoms with Crippen LogP contribution in [0.5, 0.6) is 0 Å². The molecule has 9 aromatic heterocycles. The van der Waals surface area contributed by atoms with E-state index in [1.807, 2.05) is 91.0 Å². The largest absolute Gasteiger partial charge is 0.309 e.